The van der Waals surface area contributed by atoms with Crippen molar-refractivity contribution in [3.8, 4) is 6.19 Å². The van der Waals surface area contributed by atoms with Gasteiger partial charge in [-0.15, -0.1) is 0 Å². The lowest BCUT2D eigenvalue weighted by atomic mass is 11.2. The van der Waals surface area contributed by atoms with Crippen LogP contribution in [0, 0.1) is 16.9 Å². The maximum Gasteiger partial charge on any atom is 0.389 e. The van der Waals surface area contributed by atoms with Gasteiger partial charge in [0.15, 0.2) is 0 Å². The van der Waals surface area contributed by atoms with Gasteiger partial charge in [-0.05, 0) is 4.74 Å². The van der Waals surface area contributed by atoms with Crippen molar-refractivity contribution in [3.63, 3.8) is 0 Å². The predicted octanol–water partition coefficient (Wildman–Crippen LogP) is -0.517. The lowest BCUT2D eigenvalue weighted by Gasteiger charge is -1.86. The maximum atomic E-state index is 7.89. The van der Waals surface area contributed by atoms with Gasteiger partial charge in [0.25, 0.3) is 0 Å². The minimum Gasteiger partial charge on any atom is -0.244 e. The predicted molar refractivity (Wildman–Crippen MR) is 15.8 cm³/mol. The molecular weight excluding hydrogens is 98.0 g/mol. The van der Waals surface area contributed by atoms with Gasteiger partial charge in [0.1, 0.15) is 0 Å². The Labute approximate surface area is 37.8 Å². The van der Waals surface area contributed by atoms with Crippen LogP contribution in [0.4, 0.5) is 0 Å². The zero-order valence-electron chi connectivity index (χ0n) is 3.21. The van der Waals surface area contributed by atoms with E-state index < -0.39 is 0 Å². The molecule has 0 amide bonds. The molecule has 5 heteroatoms. The molecule has 1 heterocycles. The van der Waals surface area contributed by atoms with Crippen LogP contribution < -0.4 is 5.68 Å². The Morgan fingerprint density at radius 3 is 2.57 bits per heavy atom. The normalized spacial score (nSPS) is 8.43. The van der Waals surface area contributed by atoms with Crippen LogP contribution in [-0.2, 0) is 0 Å². The third-order valence-corrected chi connectivity index (χ3v) is 0.466. The lowest BCUT2D eigenvalue weighted by Crippen LogP contribution is -2.19. The highest BCUT2D eigenvalue weighted by atomic mass is 17.1. The van der Waals surface area contributed by atoms with E-state index in [2.05, 4.69) is 9.26 Å². The Bertz CT molecular complexity index is 232. The minimum atomic E-state index is -0.275. The van der Waals surface area contributed by atoms with Crippen molar-refractivity contribution in [2.24, 2.45) is 0 Å². The first kappa shape index (κ1) is 3.74. The van der Waals surface area contributed by atoms with E-state index in [9.17, 15) is 0 Å². The van der Waals surface area contributed by atoms with Crippen LogP contribution in [0.25, 0.3) is 0 Å². The molecule has 0 saturated carbocycles. The zero-order chi connectivity index (χ0) is 5.28. The van der Waals surface area contributed by atoms with Gasteiger partial charge < -0.3 is 0 Å². The summed E-state index contributed by atoms with van der Waals surface area (Å²) in [5.41, 5.74) is -0.275. The monoisotopic (exact) mass is 99.0 g/mol. The smallest absolute Gasteiger partial charge is 0.244 e. The van der Waals surface area contributed by atoms with Crippen LogP contribution in [0.2, 0.25) is 0 Å². The summed E-state index contributed by atoms with van der Waals surface area (Å²) in [5, 5.41) is 14.4. The molecule has 0 unspecified atom stereocenters. The molecule has 1 rings (SSSR count). The highest BCUT2D eigenvalue weighted by Crippen LogP contribution is 1.71. The van der Waals surface area contributed by atoms with Gasteiger partial charge in [0, 0.05) is 0 Å². The van der Waals surface area contributed by atoms with Gasteiger partial charge in [-0.1, -0.05) is 0 Å². The van der Waals surface area contributed by atoms with Crippen LogP contribution in [0.1, 0.15) is 0 Å². The van der Waals surface area contributed by atoms with E-state index >= 15 is 0 Å². The van der Waals surface area contributed by atoms with Crippen molar-refractivity contribution in [1.29, 1.82) is 10.7 Å². The molecule has 0 aliphatic rings. The quantitative estimate of drug-likeness (QED) is 0.444. The third-order valence-electron chi connectivity index (χ3n) is 0.466. The van der Waals surface area contributed by atoms with Gasteiger partial charge in [0.05, 0.1) is 0 Å². The Hall–Kier alpha value is -1.44. The second kappa shape index (κ2) is 1.01. The standard InChI is InChI=1S/C2HN3O2/c3-1-5-2(4)6-7-5/h4H. The van der Waals surface area contributed by atoms with Crippen molar-refractivity contribution >= 4 is 0 Å². The first-order valence-electron chi connectivity index (χ1n) is 1.47. The molecule has 0 spiro atoms. The van der Waals surface area contributed by atoms with Crippen LogP contribution >= 0.6 is 0 Å². The van der Waals surface area contributed by atoms with Crippen molar-refractivity contribution in [2.45, 2.75) is 0 Å². The number of nitriles is 1. The molecular formula is C2HN3O2. The van der Waals surface area contributed by atoms with Gasteiger partial charge >= 0.3 is 5.68 Å². The van der Waals surface area contributed by atoms with E-state index in [0.29, 0.717) is 4.74 Å². The number of hydrogen-bond donors (Lipinski definition) is 1. The number of hydrogen-bond acceptors (Lipinski definition) is 4. The number of nitrogens with zero attached hydrogens (tertiary/aromatic N) is 2. The molecule has 0 radical (unpaired) electrons. The summed E-state index contributed by atoms with van der Waals surface area (Å²) < 4.78 is 8.50. The molecule has 1 N–H and O–H groups in total. The Morgan fingerprint density at radius 2 is 2.57 bits per heavy atom. The molecule has 5 nitrogen and oxygen atoms in total. The molecule has 36 valence electrons. The molecule has 1 aromatic heterocycles. The number of aromatic nitrogens is 1. The van der Waals surface area contributed by atoms with Crippen molar-refractivity contribution in [1.82, 2.24) is 4.74 Å². The molecule has 0 aliphatic heterocycles. The molecule has 7 heavy (non-hydrogen) atoms. The summed E-state index contributed by atoms with van der Waals surface area (Å²) in [6.07, 6.45) is 1.51. The van der Waals surface area contributed by atoms with Crippen molar-refractivity contribution in [2.75, 3.05) is 0 Å². The highest BCUT2D eigenvalue weighted by molar-refractivity contribution is 4.64. The molecule has 0 fully saturated rings. The largest absolute Gasteiger partial charge is 0.389 e. The molecule has 0 aromatic carbocycles. The first-order chi connectivity index (χ1) is 3.34. The molecule has 0 saturated heterocycles. The van der Waals surface area contributed by atoms with Crippen LogP contribution in [-0.4, -0.2) is 4.74 Å². The Morgan fingerprint density at radius 1 is 1.86 bits per heavy atom. The summed E-state index contributed by atoms with van der Waals surface area (Å²) in [6.45, 7) is 0. The minimum absolute atomic E-state index is 0.275. The average Bonchev–Trinajstić information content (AvgIpc) is 1.65. The molecule has 0 atom stereocenters. The average molecular weight is 99.0 g/mol. The van der Waals surface area contributed by atoms with E-state index in [-0.39, 0.29) is 5.68 Å². The fourth-order valence-electron chi connectivity index (χ4n) is 0.174. The lowest BCUT2D eigenvalue weighted by molar-refractivity contribution is -0.138. The second-order valence-corrected chi connectivity index (χ2v) is 0.857. The second-order valence-electron chi connectivity index (χ2n) is 0.857. The maximum absolute atomic E-state index is 7.89. The number of nitrogens with one attached hydrogen (secondary N) is 1. The zero-order valence-corrected chi connectivity index (χ0v) is 3.21. The molecule has 0 bridgehead atoms. The number of rotatable bonds is 0. The van der Waals surface area contributed by atoms with Crippen molar-refractivity contribution < 1.29 is 9.26 Å². The van der Waals surface area contributed by atoms with E-state index in [1.165, 1.54) is 6.19 Å². The van der Waals surface area contributed by atoms with Gasteiger partial charge in [0.2, 0.25) is 6.19 Å². The summed E-state index contributed by atoms with van der Waals surface area (Å²) in [4.78, 5) is 0. The summed E-state index contributed by atoms with van der Waals surface area (Å²) >= 11 is 0. The van der Waals surface area contributed by atoms with Crippen LogP contribution in [0.3, 0.4) is 0 Å². The fourth-order valence-corrected chi connectivity index (χ4v) is 0.174. The van der Waals surface area contributed by atoms with Gasteiger partial charge in [-0.3, -0.25) is 0 Å². The van der Waals surface area contributed by atoms with Gasteiger partial charge in [-0.25, -0.2) is 9.99 Å². The molecule has 0 aliphatic carbocycles. The summed E-state index contributed by atoms with van der Waals surface area (Å²) in [5.74, 6) is 0. The van der Waals surface area contributed by atoms with Crippen LogP contribution in [0.15, 0.2) is 9.26 Å². The SMILES string of the molecule is N#Cn1ooc1=N. The van der Waals surface area contributed by atoms with E-state index in [0.717, 1.165) is 0 Å². The summed E-state index contributed by atoms with van der Waals surface area (Å²) in [7, 11) is 0. The van der Waals surface area contributed by atoms with Crippen molar-refractivity contribution in [3.05, 3.63) is 5.68 Å². The van der Waals surface area contributed by atoms with Gasteiger partial charge in [-0.2, -0.15) is 9.94 Å². The Balaban J connectivity index is 3.15. The van der Waals surface area contributed by atoms with E-state index in [1.807, 2.05) is 0 Å². The topological polar surface area (TPSA) is 78.8 Å². The van der Waals surface area contributed by atoms with Crippen LogP contribution in [0.5, 0.6) is 0 Å². The first-order valence-corrected chi connectivity index (χ1v) is 1.47. The third kappa shape index (κ3) is 0.327. The molecule has 1 aromatic rings. The van der Waals surface area contributed by atoms with E-state index in [1.54, 1.807) is 0 Å². The van der Waals surface area contributed by atoms with E-state index in [4.69, 9.17) is 10.7 Å². The fraction of sp³-hybridized carbons (Fsp3) is 0. The Kier molecular flexibility index (Phi) is 0.540. The highest BCUT2D eigenvalue weighted by Gasteiger charge is 1.95. The summed E-state index contributed by atoms with van der Waals surface area (Å²) in [6, 6.07) is 0.